The Kier molecular flexibility index (Phi) is 12.4. The molecule has 248 valence electrons. The zero-order chi connectivity index (χ0) is 33.6. The summed E-state index contributed by atoms with van der Waals surface area (Å²) in [4.78, 5) is 38.6. The number of hydrogen-bond donors (Lipinski definition) is 2. The molecule has 2 atom stereocenters. The molecule has 0 aromatic carbocycles. The number of imidazole rings is 1. The van der Waals surface area contributed by atoms with Crippen LogP contribution in [0.4, 0.5) is 31.1 Å². The number of halogens is 6. The third kappa shape index (κ3) is 11.8. The van der Waals surface area contributed by atoms with Gasteiger partial charge in [0, 0.05) is 6.54 Å². The monoisotopic (exact) mass is 674 g/mol. The van der Waals surface area contributed by atoms with Crippen LogP contribution in [-0.2, 0) is 48.0 Å². The molecule has 43 heavy (non-hydrogen) atoms. The Hall–Kier alpha value is -3.14. The van der Waals surface area contributed by atoms with Crippen molar-refractivity contribution >= 4 is 38.0 Å². The van der Waals surface area contributed by atoms with E-state index < -0.39 is 54.8 Å². The maximum atomic E-state index is 12.6. The van der Waals surface area contributed by atoms with Crippen LogP contribution in [-0.4, -0.2) is 86.0 Å². The van der Waals surface area contributed by atoms with Gasteiger partial charge in [-0.25, -0.2) is 30.8 Å². The first-order valence-electron chi connectivity index (χ1n) is 12.2. The predicted octanol–water partition coefficient (Wildman–Crippen LogP) is 1.39. The number of rotatable bonds is 8. The van der Waals surface area contributed by atoms with Gasteiger partial charge in [0.1, 0.15) is 36.6 Å². The standard InChI is InChI=1S/C19H31N5O4.C2F6NO4S2/c1-14(16(25)20-8-10-23-12-11-22(5)13-23)21-17(26)15-7-6-9-24(15)18(27)28-19(2,3)4;3-1(4,5)14(10,11)9-15(12,13)2(6,7)8/h11-15H,6-10H2,1-5H3,(H-,20,21,25,26);/q;-1/p+1. The lowest BCUT2D eigenvalue weighted by molar-refractivity contribution is -0.671. The molecule has 1 aliphatic heterocycles. The van der Waals surface area contributed by atoms with Crippen molar-refractivity contribution in [3.05, 3.63) is 22.8 Å². The number of likely N-dealkylation sites (tertiary alicyclic amines) is 1. The lowest BCUT2D eigenvalue weighted by Crippen LogP contribution is -2.52. The van der Waals surface area contributed by atoms with E-state index in [-0.39, 0.29) is 11.8 Å². The number of sulfonamides is 2. The van der Waals surface area contributed by atoms with Crippen LogP contribution >= 0.6 is 0 Å². The minimum absolute atomic E-state index is 0.258. The second-order valence-electron chi connectivity index (χ2n) is 10.1. The Morgan fingerprint density at radius 1 is 1.05 bits per heavy atom. The van der Waals surface area contributed by atoms with Gasteiger partial charge in [-0.1, -0.05) is 0 Å². The Morgan fingerprint density at radius 2 is 1.58 bits per heavy atom. The first-order chi connectivity index (χ1) is 19.3. The van der Waals surface area contributed by atoms with E-state index in [1.165, 1.54) is 4.90 Å². The summed E-state index contributed by atoms with van der Waals surface area (Å²) >= 11 is 0. The highest BCUT2D eigenvalue weighted by atomic mass is 32.3. The van der Waals surface area contributed by atoms with Gasteiger partial charge in [-0.05, 0) is 40.5 Å². The van der Waals surface area contributed by atoms with Crippen molar-refractivity contribution in [1.29, 1.82) is 0 Å². The van der Waals surface area contributed by atoms with Crippen molar-refractivity contribution in [2.24, 2.45) is 7.05 Å². The molecule has 0 aliphatic carbocycles. The fourth-order valence-corrected chi connectivity index (χ4v) is 4.97. The van der Waals surface area contributed by atoms with E-state index >= 15 is 0 Å². The van der Waals surface area contributed by atoms with E-state index in [2.05, 4.69) is 10.6 Å². The highest BCUT2D eigenvalue weighted by molar-refractivity contribution is 8.13. The molecule has 14 nitrogen and oxygen atoms in total. The van der Waals surface area contributed by atoms with Crippen LogP contribution < -0.4 is 15.2 Å². The second kappa shape index (κ2) is 14.1. The first kappa shape index (κ1) is 37.9. The molecule has 3 amide bonds. The van der Waals surface area contributed by atoms with E-state index in [1.54, 1.807) is 27.7 Å². The molecular formula is C21H32F6N6O8S2. The third-order valence-corrected chi connectivity index (χ3v) is 7.95. The summed E-state index contributed by atoms with van der Waals surface area (Å²) in [6, 6.07) is -1.29. The number of aryl methyl sites for hydroxylation is 1. The van der Waals surface area contributed by atoms with Crippen LogP contribution in [0.1, 0.15) is 40.5 Å². The molecule has 0 bridgehead atoms. The maximum absolute atomic E-state index is 12.6. The molecular weight excluding hydrogens is 642 g/mol. The van der Waals surface area contributed by atoms with Gasteiger partial charge < -0.3 is 19.5 Å². The highest BCUT2D eigenvalue weighted by Gasteiger charge is 2.47. The Balaban J connectivity index is 0.000000523. The van der Waals surface area contributed by atoms with Gasteiger partial charge in [0.15, 0.2) is 20.0 Å². The van der Waals surface area contributed by atoms with Crippen LogP contribution in [0.5, 0.6) is 0 Å². The van der Waals surface area contributed by atoms with Crippen LogP contribution in [0, 0.1) is 0 Å². The second-order valence-corrected chi connectivity index (χ2v) is 13.5. The van der Waals surface area contributed by atoms with Crippen LogP contribution in [0.2, 0.25) is 0 Å². The molecule has 2 N–H and O–H groups in total. The zero-order valence-electron chi connectivity index (χ0n) is 23.6. The molecule has 0 spiro atoms. The van der Waals surface area contributed by atoms with E-state index in [0.29, 0.717) is 26.1 Å². The Bertz CT molecular complexity index is 1310. The fraction of sp³-hybridized carbons (Fsp3) is 0.714. The van der Waals surface area contributed by atoms with Crippen LogP contribution in [0.15, 0.2) is 18.7 Å². The number of hydrogen-bond acceptors (Lipinski definition) is 8. The number of carbonyl (C=O) groups excluding carboxylic acids is 3. The lowest BCUT2D eigenvalue weighted by Gasteiger charge is -2.28. The Labute approximate surface area is 243 Å². The summed E-state index contributed by atoms with van der Waals surface area (Å²) in [6.07, 6.45) is 6.55. The van der Waals surface area contributed by atoms with E-state index in [4.69, 9.17) is 4.74 Å². The number of carbonyl (C=O) groups is 3. The van der Waals surface area contributed by atoms with E-state index in [1.807, 2.05) is 34.9 Å². The average Bonchev–Trinajstić information content (AvgIpc) is 3.45. The van der Waals surface area contributed by atoms with Gasteiger partial charge in [-0.3, -0.25) is 14.5 Å². The highest BCUT2D eigenvalue weighted by Crippen LogP contribution is 2.36. The number of ether oxygens (including phenoxy) is 1. The number of alkyl halides is 6. The first-order valence-corrected chi connectivity index (χ1v) is 15.1. The van der Waals surface area contributed by atoms with E-state index in [9.17, 15) is 57.6 Å². The summed E-state index contributed by atoms with van der Waals surface area (Å²) in [6.45, 7) is 8.57. The quantitative estimate of drug-likeness (QED) is 0.307. The minimum atomic E-state index is -6.72. The van der Waals surface area contributed by atoms with Crippen LogP contribution in [0.25, 0.3) is 4.13 Å². The number of nitrogens with one attached hydrogen (secondary N) is 2. The molecule has 2 heterocycles. The van der Waals surface area contributed by atoms with Gasteiger partial charge in [0.25, 0.3) is 0 Å². The molecule has 2 unspecified atom stereocenters. The van der Waals surface area contributed by atoms with Crippen molar-refractivity contribution in [3.8, 4) is 0 Å². The van der Waals surface area contributed by atoms with Crippen LogP contribution in [0.3, 0.4) is 0 Å². The molecule has 0 radical (unpaired) electrons. The van der Waals surface area contributed by atoms with Crippen molar-refractivity contribution in [2.45, 2.75) is 75.8 Å². The fourth-order valence-electron chi connectivity index (χ4n) is 3.26. The molecule has 1 aliphatic rings. The summed E-state index contributed by atoms with van der Waals surface area (Å²) < 4.78 is 118. The molecule has 1 saturated heterocycles. The minimum Gasteiger partial charge on any atom is -0.444 e. The van der Waals surface area contributed by atoms with Gasteiger partial charge in [0.05, 0.1) is 13.6 Å². The number of amides is 3. The third-order valence-electron chi connectivity index (χ3n) is 5.21. The average molecular weight is 675 g/mol. The summed E-state index contributed by atoms with van der Waals surface area (Å²) in [5.41, 5.74) is -13.0. The normalized spacial score (nSPS) is 17.0. The van der Waals surface area contributed by atoms with Gasteiger partial charge in [-0.2, -0.15) is 26.3 Å². The molecule has 2 rings (SSSR count). The maximum Gasteiger partial charge on any atom is 0.480 e. The van der Waals surface area contributed by atoms with Crippen molar-refractivity contribution < 1.29 is 66.9 Å². The molecule has 1 aromatic heterocycles. The molecule has 1 fully saturated rings. The van der Waals surface area contributed by atoms with Gasteiger partial charge in [0.2, 0.25) is 18.1 Å². The molecule has 0 saturated carbocycles. The summed E-state index contributed by atoms with van der Waals surface area (Å²) in [5, 5.41) is 5.52. The lowest BCUT2D eigenvalue weighted by atomic mass is 10.2. The van der Waals surface area contributed by atoms with Crippen molar-refractivity contribution in [2.75, 3.05) is 13.1 Å². The van der Waals surface area contributed by atoms with Crippen molar-refractivity contribution in [1.82, 2.24) is 20.1 Å². The molecule has 1 aromatic rings. The zero-order valence-corrected chi connectivity index (χ0v) is 25.2. The largest absolute Gasteiger partial charge is 0.480 e. The van der Waals surface area contributed by atoms with Gasteiger partial charge >= 0.3 is 17.1 Å². The predicted molar refractivity (Wildman–Crippen MR) is 135 cm³/mol. The molecule has 22 heteroatoms. The summed E-state index contributed by atoms with van der Waals surface area (Å²) in [5.74, 6) is -0.588. The van der Waals surface area contributed by atoms with E-state index in [0.717, 1.165) is 10.5 Å². The smallest absolute Gasteiger partial charge is 0.444 e. The van der Waals surface area contributed by atoms with Crippen molar-refractivity contribution in [3.63, 3.8) is 0 Å². The summed E-state index contributed by atoms with van der Waals surface area (Å²) in [7, 11) is -11.5. The number of nitrogens with zero attached hydrogens (tertiary/aromatic N) is 4. The topological polar surface area (TPSA) is 179 Å². The number of aromatic nitrogens is 2. The SMILES string of the molecule is CC(NC(=O)C1CCCN1C(=O)OC(C)(C)C)C(=O)NCCn1cc[n+](C)c1.O=S(=O)([N-]S(=O)(=O)C(F)(F)F)C(F)(F)F. The Morgan fingerprint density at radius 3 is 2.02 bits per heavy atom. The van der Waals surface area contributed by atoms with Gasteiger partial charge in [-0.15, -0.1) is 0 Å².